The van der Waals surface area contributed by atoms with Crippen molar-refractivity contribution in [1.29, 1.82) is 0 Å². The Labute approximate surface area is 192 Å². The predicted molar refractivity (Wildman–Crippen MR) is 123 cm³/mol. The van der Waals surface area contributed by atoms with Crippen LogP contribution >= 0.6 is 0 Å². The van der Waals surface area contributed by atoms with Gasteiger partial charge in [-0.15, -0.1) is 0 Å². The quantitative estimate of drug-likeness (QED) is 0.231. The third kappa shape index (κ3) is 6.43. The average molecular weight is 464 g/mol. The number of hydrogen-bond donors (Lipinski definition) is 7. The molecule has 0 saturated heterocycles. The number of hydrogen-bond acceptors (Lipinski definition) is 8. The first-order valence-corrected chi connectivity index (χ1v) is 10.8. The fourth-order valence-corrected chi connectivity index (χ4v) is 3.42. The van der Waals surface area contributed by atoms with Crippen molar-refractivity contribution in [1.82, 2.24) is 0 Å². The summed E-state index contributed by atoms with van der Waals surface area (Å²) in [5.74, 6) is -0.741. The molecule has 0 fully saturated rings. The molecule has 0 radical (unpaired) electrons. The van der Waals surface area contributed by atoms with Crippen LogP contribution in [0.25, 0.3) is 11.1 Å². The van der Waals surface area contributed by atoms with E-state index < -0.39 is 37.2 Å². The molecule has 1 unspecified atom stereocenters. The molecule has 0 aliphatic carbocycles. The number of benzene rings is 2. The van der Waals surface area contributed by atoms with Crippen LogP contribution in [-0.4, -0.2) is 75.7 Å². The second-order valence-corrected chi connectivity index (χ2v) is 8.17. The molecule has 0 saturated carbocycles. The summed E-state index contributed by atoms with van der Waals surface area (Å²) in [7, 11) is 0. The lowest BCUT2D eigenvalue weighted by Crippen LogP contribution is -2.39. The van der Waals surface area contributed by atoms with Crippen molar-refractivity contribution < 1.29 is 40.2 Å². The smallest absolute Gasteiger partial charge is 0.234 e. The maximum absolute atomic E-state index is 12.5. The number of aromatic hydroxyl groups is 2. The van der Waals surface area contributed by atoms with Gasteiger partial charge in [-0.2, -0.15) is 0 Å². The number of phenols is 2. The molecule has 1 amide bonds. The highest BCUT2D eigenvalue weighted by molar-refractivity contribution is 5.96. The Kier molecular flexibility index (Phi) is 9.63. The normalized spacial score (nSPS) is 12.5. The molecule has 0 aliphatic rings. The lowest BCUT2D eigenvalue weighted by Gasteiger charge is -2.23. The van der Waals surface area contributed by atoms with E-state index in [1.807, 2.05) is 6.92 Å². The van der Waals surface area contributed by atoms with Crippen molar-refractivity contribution in [2.75, 3.05) is 38.4 Å². The van der Waals surface area contributed by atoms with Crippen molar-refractivity contribution in [2.24, 2.45) is 5.41 Å². The Morgan fingerprint density at radius 1 is 1.09 bits per heavy atom. The SMILES string of the molecule is CCc1c(O)cc(O)c(-c2cccc(NC(=O)C(C)(CO)CO)c2)c1CCOCC(O)CO. The Morgan fingerprint density at radius 3 is 2.39 bits per heavy atom. The van der Waals surface area contributed by atoms with E-state index in [-0.39, 0.29) is 24.7 Å². The molecule has 33 heavy (non-hydrogen) atoms. The van der Waals surface area contributed by atoms with Gasteiger partial charge in [0.25, 0.3) is 0 Å². The van der Waals surface area contributed by atoms with E-state index in [0.29, 0.717) is 40.8 Å². The van der Waals surface area contributed by atoms with Crippen LogP contribution in [-0.2, 0) is 22.4 Å². The number of aliphatic hydroxyl groups is 4. The van der Waals surface area contributed by atoms with Gasteiger partial charge in [0.15, 0.2) is 0 Å². The summed E-state index contributed by atoms with van der Waals surface area (Å²) in [6.07, 6.45) is -0.172. The van der Waals surface area contributed by atoms with E-state index in [4.69, 9.17) is 9.84 Å². The standard InChI is InChI=1S/C24H33NO8/c1-3-18-19(7-8-33-12-17(29)11-26)22(21(31)10-20(18)30)15-5-4-6-16(9-15)25-23(32)24(2,13-27)14-28/h4-6,9-10,17,26-31H,3,7-8,11-14H2,1-2H3,(H,25,32). The number of anilines is 1. The minimum Gasteiger partial charge on any atom is -0.508 e. The lowest BCUT2D eigenvalue weighted by atomic mass is 9.90. The van der Waals surface area contributed by atoms with Crippen molar-refractivity contribution in [3.63, 3.8) is 0 Å². The zero-order valence-electron chi connectivity index (χ0n) is 18.9. The molecule has 1 atom stereocenters. The number of carbonyl (C=O) groups is 1. The van der Waals surface area contributed by atoms with Gasteiger partial charge >= 0.3 is 0 Å². The highest BCUT2D eigenvalue weighted by Crippen LogP contribution is 2.40. The van der Waals surface area contributed by atoms with Crippen molar-refractivity contribution in [3.05, 3.63) is 41.5 Å². The van der Waals surface area contributed by atoms with E-state index in [1.165, 1.54) is 13.0 Å². The molecule has 0 aromatic heterocycles. The van der Waals surface area contributed by atoms with Crippen LogP contribution in [0.1, 0.15) is 25.0 Å². The third-order valence-electron chi connectivity index (χ3n) is 5.53. The number of ether oxygens (including phenoxy) is 1. The molecule has 9 heteroatoms. The van der Waals surface area contributed by atoms with E-state index in [2.05, 4.69) is 5.32 Å². The van der Waals surface area contributed by atoms with Gasteiger partial charge in [0.1, 0.15) is 17.6 Å². The number of amides is 1. The number of carbonyl (C=O) groups excluding carboxylic acids is 1. The molecule has 0 spiro atoms. The summed E-state index contributed by atoms with van der Waals surface area (Å²) < 4.78 is 5.42. The van der Waals surface area contributed by atoms with Crippen LogP contribution < -0.4 is 5.32 Å². The molecule has 2 aromatic rings. The molecule has 2 aromatic carbocycles. The van der Waals surface area contributed by atoms with Crippen LogP contribution in [0.3, 0.4) is 0 Å². The molecule has 0 bridgehead atoms. The highest BCUT2D eigenvalue weighted by Gasteiger charge is 2.32. The van der Waals surface area contributed by atoms with Crippen molar-refractivity contribution in [3.8, 4) is 22.6 Å². The molecule has 182 valence electrons. The fraction of sp³-hybridized carbons (Fsp3) is 0.458. The molecule has 7 N–H and O–H groups in total. The molecule has 9 nitrogen and oxygen atoms in total. The van der Waals surface area contributed by atoms with Crippen molar-refractivity contribution in [2.45, 2.75) is 32.8 Å². The van der Waals surface area contributed by atoms with Gasteiger partial charge in [-0.05, 0) is 48.6 Å². The number of phenolic OH excluding ortho intramolecular Hbond substituents is 2. The highest BCUT2D eigenvalue weighted by atomic mass is 16.5. The largest absolute Gasteiger partial charge is 0.508 e. The lowest BCUT2D eigenvalue weighted by molar-refractivity contribution is -0.129. The van der Waals surface area contributed by atoms with Gasteiger partial charge in [0, 0.05) is 17.3 Å². The summed E-state index contributed by atoms with van der Waals surface area (Å²) in [6, 6.07) is 8.01. The summed E-state index contributed by atoms with van der Waals surface area (Å²) >= 11 is 0. The Balaban J connectivity index is 2.41. The maximum Gasteiger partial charge on any atom is 0.234 e. The second kappa shape index (κ2) is 12.0. The van der Waals surface area contributed by atoms with Gasteiger partial charge in [0.2, 0.25) is 5.91 Å². The summed E-state index contributed by atoms with van der Waals surface area (Å²) in [4.78, 5) is 12.5. The molecular weight excluding hydrogens is 430 g/mol. The van der Waals surface area contributed by atoms with Crippen LogP contribution in [0.2, 0.25) is 0 Å². The monoisotopic (exact) mass is 463 g/mol. The van der Waals surface area contributed by atoms with E-state index in [9.17, 15) is 30.3 Å². The number of rotatable bonds is 12. The van der Waals surface area contributed by atoms with Crippen LogP contribution in [0.5, 0.6) is 11.5 Å². The predicted octanol–water partition coefficient (Wildman–Crippen LogP) is 1.17. The summed E-state index contributed by atoms with van der Waals surface area (Å²) in [5, 5.41) is 61.0. The van der Waals surface area contributed by atoms with Crippen LogP contribution in [0, 0.1) is 5.41 Å². The van der Waals surface area contributed by atoms with Gasteiger partial charge in [-0.25, -0.2) is 0 Å². The first-order valence-electron chi connectivity index (χ1n) is 10.8. The van der Waals surface area contributed by atoms with Crippen LogP contribution in [0.15, 0.2) is 30.3 Å². The van der Waals surface area contributed by atoms with Gasteiger partial charge in [-0.3, -0.25) is 4.79 Å². The molecular formula is C24H33NO8. The summed E-state index contributed by atoms with van der Waals surface area (Å²) in [6.45, 7) is 1.98. The van der Waals surface area contributed by atoms with Crippen molar-refractivity contribution >= 4 is 11.6 Å². The fourth-order valence-electron chi connectivity index (χ4n) is 3.42. The molecule has 2 rings (SSSR count). The zero-order valence-corrected chi connectivity index (χ0v) is 18.9. The Hall–Kier alpha value is -2.69. The summed E-state index contributed by atoms with van der Waals surface area (Å²) in [5.41, 5.74) is 1.40. The van der Waals surface area contributed by atoms with Crippen LogP contribution in [0.4, 0.5) is 5.69 Å². The van der Waals surface area contributed by atoms with Gasteiger partial charge in [-0.1, -0.05) is 19.1 Å². The minimum atomic E-state index is -1.35. The number of nitrogens with one attached hydrogen (secondary N) is 1. The first-order chi connectivity index (χ1) is 15.7. The topological polar surface area (TPSA) is 160 Å². The number of aliphatic hydroxyl groups excluding tert-OH is 4. The Bertz CT molecular complexity index is 942. The van der Waals surface area contributed by atoms with Gasteiger partial charge in [0.05, 0.1) is 38.4 Å². The molecule has 0 heterocycles. The third-order valence-corrected chi connectivity index (χ3v) is 5.53. The Morgan fingerprint density at radius 2 is 1.79 bits per heavy atom. The van der Waals surface area contributed by atoms with Gasteiger partial charge < -0.3 is 40.7 Å². The van der Waals surface area contributed by atoms with E-state index in [1.54, 1.807) is 24.3 Å². The zero-order chi connectivity index (χ0) is 24.6. The average Bonchev–Trinajstić information content (AvgIpc) is 2.81. The maximum atomic E-state index is 12.5. The first kappa shape index (κ1) is 26.6. The van der Waals surface area contributed by atoms with E-state index in [0.717, 1.165) is 0 Å². The second-order valence-electron chi connectivity index (χ2n) is 8.17. The van der Waals surface area contributed by atoms with E-state index >= 15 is 0 Å². The molecule has 0 aliphatic heterocycles. The minimum absolute atomic E-state index is 0.0461.